The van der Waals surface area contributed by atoms with Crippen LogP contribution in [0.1, 0.15) is 33.9 Å². The Morgan fingerprint density at radius 2 is 2.07 bits per heavy atom. The van der Waals surface area contributed by atoms with E-state index in [0.29, 0.717) is 0 Å². The third kappa shape index (κ3) is 6.42. The first kappa shape index (κ1) is 30.2. The molecule has 14 nitrogen and oxygen atoms in total. The average molecular weight is 593 g/mol. The van der Waals surface area contributed by atoms with Gasteiger partial charge in [-0.1, -0.05) is 24.1 Å². The average Bonchev–Trinajstić information content (AvgIpc) is 3.42. The van der Waals surface area contributed by atoms with Gasteiger partial charge in [0.1, 0.15) is 24.0 Å². The number of aliphatic hydroxyl groups excluding tert-OH is 1. The molecule has 0 radical (unpaired) electrons. The number of imidazole rings is 1. The molecule has 0 bridgehead atoms. The SMILES string of the molecule is CC#CC1(F)C(O)[C@@H](COP(=O)(NC(C)C(=O)OC(C)C)Oc2ccccc2)OC1n1cnc2c(=O)[nH]c(N)nc21. The van der Waals surface area contributed by atoms with Gasteiger partial charge < -0.3 is 24.8 Å². The van der Waals surface area contributed by atoms with E-state index in [1.165, 1.54) is 26.0 Å². The van der Waals surface area contributed by atoms with Gasteiger partial charge in [-0.2, -0.15) is 10.1 Å². The van der Waals surface area contributed by atoms with E-state index >= 15 is 4.39 Å². The molecular formula is C25H30FN6O8P. The fraction of sp³-hybridized carbons (Fsp3) is 0.440. The maximum Gasteiger partial charge on any atom is 0.459 e. The van der Waals surface area contributed by atoms with Crippen molar-refractivity contribution in [1.29, 1.82) is 0 Å². The minimum absolute atomic E-state index is 0.109. The summed E-state index contributed by atoms with van der Waals surface area (Å²) in [4.78, 5) is 34.9. The highest BCUT2D eigenvalue weighted by atomic mass is 31.2. The lowest BCUT2D eigenvalue weighted by Gasteiger charge is -2.25. The number of esters is 1. The number of carbonyl (C=O) groups is 1. The molecule has 16 heteroatoms. The predicted molar refractivity (Wildman–Crippen MR) is 144 cm³/mol. The number of benzene rings is 1. The lowest BCUT2D eigenvalue weighted by Crippen LogP contribution is -2.42. The number of aliphatic hydroxyl groups is 1. The summed E-state index contributed by atoms with van der Waals surface area (Å²) in [6, 6.07) is 6.87. The molecule has 0 amide bonds. The third-order valence-electron chi connectivity index (χ3n) is 5.90. The Hall–Kier alpha value is -3.80. The molecule has 0 spiro atoms. The molecule has 0 saturated carbocycles. The van der Waals surface area contributed by atoms with Crippen LogP contribution < -0.4 is 20.9 Å². The van der Waals surface area contributed by atoms with Crippen LogP contribution >= 0.6 is 7.75 Å². The van der Waals surface area contributed by atoms with E-state index in [2.05, 4.69) is 31.9 Å². The molecule has 1 saturated heterocycles. The van der Waals surface area contributed by atoms with Crippen LogP contribution in [0, 0.1) is 11.8 Å². The van der Waals surface area contributed by atoms with Crippen LogP contribution in [0.2, 0.25) is 0 Å². The zero-order valence-electron chi connectivity index (χ0n) is 22.6. The van der Waals surface area contributed by atoms with Gasteiger partial charge in [-0.05, 0) is 39.8 Å². The summed E-state index contributed by atoms with van der Waals surface area (Å²) >= 11 is 0. The Morgan fingerprint density at radius 1 is 1.37 bits per heavy atom. The lowest BCUT2D eigenvalue weighted by molar-refractivity contribution is -0.149. The summed E-state index contributed by atoms with van der Waals surface area (Å²) in [6.45, 7) is 5.41. The molecule has 1 aliphatic rings. The van der Waals surface area contributed by atoms with Gasteiger partial charge in [0.05, 0.1) is 19.0 Å². The summed E-state index contributed by atoms with van der Waals surface area (Å²) in [5.41, 5.74) is 2.01. The lowest BCUT2D eigenvalue weighted by atomic mass is 9.96. The minimum atomic E-state index is -4.36. The number of alkyl halides is 1. The maximum atomic E-state index is 16.3. The van der Waals surface area contributed by atoms with Gasteiger partial charge >= 0.3 is 13.7 Å². The number of aromatic amines is 1. The molecular weight excluding hydrogens is 562 g/mol. The summed E-state index contributed by atoms with van der Waals surface area (Å²) in [5.74, 6) is 3.93. The number of nitrogens with one attached hydrogen (secondary N) is 2. The predicted octanol–water partition coefficient (Wildman–Crippen LogP) is 1.83. The van der Waals surface area contributed by atoms with E-state index in [4.69, 9.17) is 24.3 Å². The number of H-pyrrole nitrogens is 1. The number of nitrogens with zero attached hydrogens (tertiary/aromatic N) is 3. The number of nitrogens with two attached hydrogens (primary N) is 1. The number of halogens is 1. The number of fused-ring (bicyclic) bond motifs is 1. The molecule has 5 unspecified atom stereocenters. The zero-order chi connectivity index (χ0) is 29.9. The number of hydrogen-bond donors (Lipinski definition) is 4. The van der Waals surface area contributed by atoms with Crippen molar-refractivity contribution in [3.8, 4) is 17.6 Å². The fourth-order valence-corrected chi connectivity index (χ4v) is 5.60. The highest BCUT2D eigenvalue weighted by Gasteiger charge is 2.58. The van der Waals surface area contributed by atoms with E-state index in [1.54, 1.807) is 32.0 Å². The van der Waals surface area contributed by atoms with Gasteiger partial charge in [-0.3, -0.25) is 23.7 Å². The van der Waals surface area contributed by atoms with Crippen LogP contribution in [0.3, 0.4) is 0 Å². The van der Waals surface area contributed by atoms with Crippen molar-refractivity contribution in [2.75, 3.05) is 12.3 Å². The van der Waals surface area contributed by atoms with Crippen LogP contribution in [-0.2, 0) is 23.4 Å². The molecule has 1 fully saturated rings. The first-order valence-electron chi connectivity index (χ1n) is 12.5. The van der Waals surface area contributed by atoms with E-state index in [1.807, 2.05) is 0 Å². The molecule has 1 aromatic carbocycles. The first-order valence-corrected chi connectivity index (χ1v) is 14.1. The van der Waals surface area contributed by atoms with Gasteiger partial charge in [-0.25, -0.2) is 13.9 Å². The number of aromatic nitrogens is 4. The third-order valence-corrected chi connectivity index (χ3v) is 7.54. The van der Waals surface area contributed by atoms with Crippen molar-refractivity contribution in [2.45, 2.75) is 63.9 Å². The van der Waals surface area contributed by atoms with Gasteiger partial charge in [0.2, 0.25) is 11.6 Å². The molecule has 3 aromatic rings. The number of nitrogen functional groups attached to an aromatic ring is 1. The number of carbonyl (C=O) groups excluding carboxylic acids is 1. The summed E-state index contributed by atoms with van der Waals surface area (Å²) in [6.07, 6.45) is -4.36. The minimum Gasteiger partial charge on any atom is -0.462 e. The Labute approximate surface area is 233 Å². The van der Waals surface area contributed by atoms with E-state index in [0.717, 1.165) is 10.9 Å². The van der Waals surface area contributed by atoms with Crippen molar-refractivity contribution in [1.82, 2.24) is 24.6 Å². The molecule has 220 valence electrons. The van der Waals surface area contributed by atoms with Crippen molar-refractivity contribution in [2.24, 2.45) is 0 Å². The zero-order valence-corrected chi connectivity index (χ0v) is 23.5. The highest BCUT2D eigenvalue weighted by Crippen LogP contribution is 2.48. The van der Waals surface area contributed by atoms with Crippen LogP contribution in [0.15, 0.2) is 41.5 Å². The number of ether oxygens (including phenoxy) is 2. The van der Waals surface area contributed by atoms with Crippen molar-refractivity contribution in [3.63, 3.8) is 0 Å². The van der Waals surface area contributed by atoms with E-state index in [9.17, 15) is 19.3 Å². The summed E-state index contributed by atoms with van der Waals surface area (Å²) < 4.78 is 53.3. The number of para-hydroxylation sites is 1. The Kier molecular flexibility index (Phi) is 8.81. The molecule has 1 aliphatic heterocycles. The molecule has 41 heavy (non-hydrogen) atoms. The fourth-order valence-electron chi connectivity index (χ4n) is 4.10. The standard InChI is InChI=1S/C25H30FN6O8P/c1-5-11-25(26)19(33)17(39-23(25)32-13-28-18-20(32)29-24(27)30-21(18)34)12-37-41(36,40-16-9-7-6-8-10-16)31-15(4)22(35)38-14(2)3/h6-10,13-15,17,19,23,33H,12H2,1-4H3,(H,31,36)(H3,27,29,30,34)/t15?,17-,19?,23?,25?,41?/m1/s1. The van der Waals surface area contributed by atoms with Crippen LogP contribution in [-0.4, -0.2) is 67.2 Å². The molecule has 3 heterocycles. The quantitative estimate of drug-likeness (QED) is 0.152. The van der Waals surface area contributed by atoms with Gasteiger partial charge in [-0.15, -0.1) is 5.92 Å². The normalized spacial score (nSPS) is 24.4. The van der Waals surface area contributed by atoms with Gasteiger partial charge in [0, 0.05) is 0 Å². The Balaban J connectivity index is 1.62. The van der Waals surface area contributed by atoms with Gasteiger partial charge in [0.25, 0.3) is 5.56 Å². The van der Waals surface area contributed by atoms with E-state index < -0.39 is 62.1 Å². The van der Waals surface area contributed by atoms with Crippen LogP contribution in [0.25, 0.3) is 11.2 Å². The summed E-state index contributed by atoms with van der Waals surface area (Å²) in [7, 11) is -4.36. The van der Waals surface area contributed by atoms with Crippen molar-refractivity contribution < 1.29 is 37.4 Å². The van der Waals surface area contributed by atoms with Crippen molar-refractivity contribution in [3.05, 3.63) is 47.0 Å². The second-order valence-electron chi connectivity index (χ2n) is 9.42. The highest BCUT2D eigenvalue weighted by molar-refractivity contribution is 7.52. The topological polar surface area (TPSA) is 193 Å². The molecule has 0 aliphatic carbocycles. The molecule has 2 aromatic heterocycles. The van der Waals surface area contributed by atoms with Crippen LogP contribution in [0.5, 0.6) is 5.75 Å². The van der Waals surface area contributed by atoms with E-state index in [-0.39, 0.29) is 22.9 Å². The summed E-state index contributed by atoms with van der Waals surface area (Å²) in [5, 5.41) is 13.5. The Bertz CT molecular complexity index is 1570. The Morgan fingerprint density at radius 3 is 2.73 bits per heavy atom. The van der Waals surface area contributed by atoms with Gasteiger partial charge in [0.15, 0.2) is 17.4 Å². The number of anilines is 1. The molecule has 4 rings (SSSR count). The number of rotatable bonds is 10. The van der Waals surface area contributed by atoms with Crippen LogP contribution in [0.4, 0.5) is 10.3 Å². The maximum absolute atomic E-state index is 16.3. The second-order valence-corrected chi connectivity index (χ2v) is 11.1. The molecule has 5 N–H and O–H groups in total. The smallest absolute Gasteiger partial charge is 0.459 e. The second kappa shape index (κ2) is 12.0. The molecule has 6 atom stereocenters. The monoisotopic (exact) mass is 592 g/mol. The first-order chi connectivity index (χ1) is 19.4. The largest absolute Gasteiger partial charge is 0.462 e. The number of hydrogen-bond acceptors (Lipinski definition) is 11. The van der Waals surface area contributed by atoms with Crippen molar-refractivity contribution >= 4 is 30.8 Å².